The predicted octanol–water partition coefficient (Wildman–Crippen LogP) is 2.59. The Morgan fingerprint density at radius 2 is 2.11 bits per heavy atom. The molecule has 0 spiro atoms. The number of nitrogens with one attached hydrogen (secondary N) is 2. The second kappa shape index (κ2) is 8.02. The van der Waals surface area contributed by atoms with E-state index in [9.17, 15) is 4.79 Å². The van der Waals surface area contributed by atoms with Gasteiger partial charge in [0.1, 0.15) is 5.75 Å². The lowest BCUT2D eigenvalue weighted by Crippen LogP contribution is -2.43. The summed E-state index contributed by atoms with van der Waals surface area (Å²) in [7, 11) is 0. The first kappa shape index (κ1) is 15.8. The lowest BCUT2D eigenvalue weighted by atomic mass is 10.0. The third-order valence-electron chi connectivity index (χ3n) is 3.06. The number of anilines is 1. The molecule has 5 heteroatoms. The summed E-state index contributed by atoms with van der Waals surface area (Å²) in [6, 6.07) is 7.42. The third-order valence-corrected chi connectivity index (χ3v) is 3.06. The Bertz CT molecular complexity index is 389. The number of benzene rings is 1. The Labute approximate surface area is 120 Å². The van der Waals surface area contributed by atoms with Crippen LogP contribution in [-0.4, -0.2) is 25.1 Å². The van der Waals surface area contributed by atoms with Crippen LogP contribution in [0.4, 0.5) is 5.69 Å². The zero-order chi connectivity index (χ0) is 12.8. The zero-order valence-electron chi connectivity index (χ0n) is 11.1. The fraction of sp³-hybridized carbons (Fsp3) is 0.500. The molecular weight excluding hydrogens is 264 g/mol. The molecule has 1 saturated heterocycles. The van der Waals surface area contributed by atoms with E-state index >= 15 is 0 Å². The van der Waals surface area contributed by atoms with Crippen LogP contribution in [0, 0.1) is 0 Å². The molecule has 106 valence electrons. The van der Waals surface area contributed by atoms with Gasteiger partial charge < -0.3 is 15.4 Å². The molecule has 4 nitrogen and oxygen atoms in total. The van der Waals surface area contributed by atoms with E-state index in [2.05, 4.69) is 10.6 Å². The highest BCUT2D eigenvalue weighted by atomic mass is 35.5. The Morgan fingerprint density at radius 3 is 2.68 bits per heavy atom. The van der Waals surface area contributed by atoms with Crippen molar-refractivity contribution in [2.45, 2.75) is 32.2 Å². The van der Waals surface area contributed by atoms with Gasteiger partial charge in [-0.2, -0.15) is 0 Å². The van der Waals surface area contributed by atoms with E-state index in [0.717, 1.165) is 37.2 Å². The molecule has 1 aliphatic heterocycles. The smallest absolute Gasteiger partial charge is 0.241 e. The van der Waals surface area contributed by atoms with Crippen LogP contribution in [-0.2, 0) is 4.79 Å². The van der Waals surface area contributed by atoms with E-state index in [1.54, 1.807) is 0 Å². The number of ether oxygens (including phenoxy) is 1. The van der Waals surface area contributed by atoms with E-state index in [-0.39, 0.29) is 24.4 Å². The van der Waals surface area contributed by atoms with Crippen molar-refractivity contribution in [3.63, 3.8) is 0 Å². The average molecular weight is 285 g/mol. The van der Waals surface area contributed by atoms with Gasteiger partial charge in [0.15, 0.2) is 0 Å². The Kier molecular flexibility index (Phi) is 6.67. The number of hydrogen-bond donors (Lipinski definition) is 2. The van der Waals surface area contributed by atoms with E-state index in [1.165, 1.54) is 0 Å². The molecule has 1 heterocycles. The number of carbonyl (C=O) groups is 1. The number of amides is 1. The minimum atomic E-state index is -0.0506. The van der Waals surface area contributed by atoms with Gasteiger partial charge in [0.2, 0.25) is 5.91 Å². The zero-order valence-corrected chi connectivity index (χ0v) is 12.0. The highest BCUT2D eigenvalue weighted by molar-refractivity contribution is 5.94. The minimum Gasteiger partial charge on any atom is -0.494 e. The summed E-state index contributed by atoms with van der Waals surface area (Å²) in [5.41, 5.74) is 0.816. The molecule has 1 atom stereocenters. The average Bonchev–Trinajstić information content (AvgIpc) is 2.42. The maximum Gasteiger partial charge on any atom is 0.241 e. The van der Waals surface area contributed by atoms with Crippen molar-refractivity contribution in [1.29, 1.82) is 0 Å². The maximum absolute atomic E-state index is 12.0. The van der Waals surface area contributed by atoms with Crippen LogP contribution < -0.4 is 15.4 Å². The van der Waals surface area contributed by atoms with Gasteiger partial charge in [-0.25, -0.2) is 0 Å². The number of rotatable bonds is 4. The van der Waals surface area contributed by atoms with Crippen molar-refractivity contribution in [3.05, 3.63) is 24.3 Å². The quantitative estimate of drug-likeness (QED) is 0.893. The highest BCUT2D eigenvalue weighted by Crippen LogP contribution is 2.16. The SMILES string of the molecule is CCOc1ccc(NC(=O)[C@@H]2CCCCN2)cc1.Cl. The molecule has 1 aromatic rings. The molecule has 0 unspecified atom stereocenters. The van der Waals surface area contributed by atoms with E-state index in [0.29, 0.717) is 6.61 Å². The van der Waals surface area contributed by atoms with Crippen LogP contribution in [0.15, 0.2) is 24.3 Å². The fourth-order valence-corrected chi connectivity index (χ4v) is 2.11. The maximum atomic E-state index is 12.0. The number of hydrogen-bond acceptors (Lipinski definition) is 3. The van der Waals surface area contributed by atoms with Gasteiger partial charge in [-0.1, -0.05) is 6.42 Å². The van der Waals surface area contributed by atoms with Crippen molar-refractivity contribution < 1.29 is 9.53 Å². The van der Waals surface area contributed by atoms with Gasteiger partial charge in [-0.05, 0) is 50.6 Å². The summed E-state index contributed by atoms with van der Waals surface area (Å²) in [6.07, 6.45) is 3.20. The Hall–Kier alpha value is -1.26. The van der Waals surface area contributed by atoms with Crippen LogP contribution in [0.25, 0.3) is 0 Å². The molecule has 1 amide bonds. The van der Waals surface area contributed by atoms with Gasteiger partial charge in [0, 0.05) is 5.69 Å². The molecule has 19 heavy (non-hydrogen) atoms. The normalized spacial score (nSPS) is 18.3. The molecule has 1 aromatic carbocycles. The van der Waals surface area contributed by atoms with Crippen molar-refractivity contribution in [2.75, 3.05) is 18.5 Å². The number of piperidine rings is 1. The van der Waals surface area contributed by atoms with Crippen molar-refractivity contribution in [1.82, 2.24) is 5.32 Å². The molecule has 1 aliphatic rings. The first-order valence-corrected chi connectivity index (χ1v) is 6.56. The third kappa shape index (κ3) is 4.73. The predicted molar refractivity (Wildman–Crippen MR) is 79.1 cm³/mol. The van der Waals surface area contributed by atoms with E-state index in [1.807, 2.05) is 31.2 Å². The lowest BCUT2D eigenvalue weighted by molar-refractivity contribution is -0.118. The summed E-state index contributed by atoms with van der Waals surface area (Å²) < 4.78 is 5.36. The van der Waals surface area contributed by atoms with Gasteiger partial charge in [0.05, 0.1) is 12.6 Å². The molecule has 0 aliphatic carbocycles. The van der Waals surface area contributed by atoms with Crippen LogP contribution >= 0.6 is 12.4 Å². The van der Waals surface area contributed by atoms with Gasteiger partial charge in [-0.3, -0.25) is 4.79 Å². The first-order chi connectivity index (χ1) is 8.79. The molecular formula is C14H21ClN2O2. The minimum absolute atomic E-state index is 0. The Balaban J connectivity index is 0.00000180. The van der Waals surface area contributed by atoms with Crippen LogP contribution in [0.1, 0.15) is 26.2 Å². The van der Waals surface area contributed by atoms with Gasteiger partial charge >= 0.3 is 0 Å². The number of halogens is 1. The highest BCUT2D eigenvalue weighted by Gasteiger charge is 2.20. The summed E-state index contributed by atoms with van der Waals surface area (Å²) in [6.45, 7) is 3.53. The summed E-state index contributed by atoms with van der Waals surface area (Å²) in [4.78, 5) is 12.0. The summed E-state index contributed by atoms with van der Waals surface area (Å²) in [5, 5.41) is 6.16. The van der Waals surface area contributed by atoms with Crippen LogP contribution in [0.5, 0.6) is 5.75 Å². The number of carbonyl (C=O) groups excluding carboxylic acids is 1. The molecule has 2 N–H and O–H groups in total. The summed E-state index contributed by atoms with van der Waals surface area (Å²) >= 11 is 0. The second-order valence-corrected chi connectivity index (χ2v) is 4.45. The fourth-order valence-electron chi connectivity index (χ4n) is 2.11. The largest absolute Gasteiger partial charge is 0.494 e. The van der Waals surface area contributed by atoms with E-state index < -0.39 is 0 Å². The molecule has 0 aromatic heterocycles. The molecule has 0 radical (unpaired) electrons. The van der Waals surface area contributed by atoms with Crippen LogP contribution in [0.3, 0.4) is 0 Å². The monoisotopic (exact) mass is 284 g/mol. The summed E-state index contributed by atoms with van der Waals surface area (Å²) in [5.74, 6) is 0.880. The molecule has 2 rings (SSSR count). The van der Waals surface area contributed by atoms with E-state index in [4.69, 9.17) is 4.74 Å². The van der Waals surface area contributed by atoms with Crippen LogP contribution in [0.2, 0.25) is 0 Å². The second-order valence-electron chi connectivity index (χ2n) is 4.45. The lowest BCUT2D eigenvalue weighted by Gasteiger charge is -2.22. The molecule has 0 saturated carbocycles. The molecule has 0 bridgehead atoms. The topological polar surface area (TPSA) is 50.4 Å². The van der Waals surface area contributed by atoms with Gasteiger partial charge in [0.25, 0.3) is 0 Å². The van der Waals surface area contributed by atoms with Gasteiger partial charge in [-0.15, -0.1) is 12.4 Å². The van der Waals surface area contributed by atoms with Crippen molar-refractivity contribution in [3.8, 4) is 5.75 Å². The molecule has 1 fully saturated rings. The van der Waals surface area contributed by atoms with Crippen molar-refractivity contribution in [2.24, 2.45) is 0 Å². The standard InChI is InChI=1S/C14H20N2O2.ClH/c1-2-18-12-8-6-11(7-9-12)16-14(17)13-5-3-4-10-15-13;/h6-9,13,15H,2-5,10H2,1H3,(H,16,17);1H/t13-;/m0./s1. The first-order valence-electron chi connectivity index (χ1n) is 6.56. The van der Waals surface area contributed by atoms with Crippen molar-refractivity contribution >= 4 is 24.0 Å². The Morgan fingerprint density at radius 1 is 1.37 bits per heavy atom.